The number of pyridine rings is 1. The van der Waals surface area contributed by atoms with Crippen molar-refractivity contribution in [2.24, 2.45) is 5.92 Å². The molecule has 2 N–H and O–H groups in total. The van der Waals surface area contributed by atoms with E-state index in [9.17, 15) is 18.0 Å². The van der Waals surface area contributed by atoms with Gasteiger partial charge in [-0.05, 0) is 37.4 Å². The Morgan fingerprint density at radius 1 is 1.38 bits per heavy atom. The lowest BCUT2D eigenvalue weighted by atomic mass is 10.1. The van der Waals surface area contributed by atoms with Gasteiger partial charge < -0.3 is 10.6 Å². The standard InChI is InChI=1S/C13H13ClF3N3O/c14-11-7(13(15,16)17)1-2-8(19-11)12(21)20-10-4-6-3-9(10)18-5-6/h1-2,6,9-10,18H,3-5H2,(H,20,21). The smallest absolute Gasteiger partial charge is 0.346 e. The van der Waals surface area contributed by atoms with Crippen molar-refractivity contribution in [1.29, 1.82) is 0 Å². The molecule has 0 aromatic carbocycles. The highest BCUT2D eigenvalue weighted by atomic mass is 35.5. The molecule has 3 rings (SSSR count). The zero-order valence-electron chi connectivity index (χ0n) is 10.9. The van der Waals surface area contributed by atoms with E-state index in [2.05, 4.69) is 15.6 Å². The summed E-state index contributed by atoms with van der Waals surface area (Å²) in [6.07, 6.45) is -2.67. The predicted octanol–water partition coefficient (Wildman–Crippen LogP) is 2.23. The van der Waals surface area contributed by atoms with E-state index in [4.69, 9.17) is 11.6 Å². The minimum Gasteiger partial charge on any atom is -0.346 e. The minimum absolute atomic E-state index is 0.000817. The van der Waals surface area contributed by atoms with E-state index in [1.807, 2.05) is 0 Å². The third-order valence-electron chi connectivity index (χ3n) is 4.03. The third kappa shape index (κ3) is 2.85. The van der Waals surface area contributed by atoms with Crippen LogP contribution in [0.2, 0.25) is 5.15 Å². The first kappa shape index (κ1) is 14.6. The average Bonchev–Trinajstić information content (AvgIpc) is 2.99. The fraction of sp³-hybridized carbons (Fsp3) is 0.538. The topological polar surface area (TPSA) is 54.0 Å². The molecule has 1 aromatic rings. The molecule has 0 spiro atoms. The fourth-order valence-corrected chi connectivity index (χ4v) is 3.29. The summed E-state index contributed by atoms with van der Waals surface area (Å²) in [6, 6.07) is 2.07. The molecule has 1 saturated carbocycles. The Balaban J connectivity index is 1.72. The second kappa shape index (κ2) is 5.14. The molecule has 2 bridgehead atoms. The second-order valence-electron chi connectivity index (χ2n) is 5.46. The van der Waals surface area contributed by atoms with Gasteiger partial charge in [-0.1, -0.05) is 11.6 Å². The van der Waals surface area contributed by atoms with Gasteiger partial charge in [-0.3, -0.25) is 4.79 Å². The third-order valence-corrected chi connectivity index (χ3v) is 4.32. The summed E-state index contributed by atoms with van der Waals surface area (Å²) in [4.78, 5) is 15.6. The first-order valence-electron chi connectivity index (χ1n) is 6.62. The molecule has 2 aliphatic rings. The van der Waals surface area contributed by atoms with E-state index < -0.39 is 22.8 Å². The van der Waals surface area contributed by atoms with Crippen LogP contribution in [0.3, 0.4) is 0 Å². The number of piperidine rings is 1. The lowest BCUT2D eigenvalue weighted by Gasteiger charge is -2.23. The van der Waals surface area contributed by atoms with Crippen molar-refractivity contribution < 1.29 is 18.0 Å². The van der Waals surface area contributed by atoms with Crippen LogP contribution in [0.5, 0.6) is 0 Å². The molecule has 1 aromatic heterocycles. The molecule has 4 nitrogen and oxygen atoms in total. The predicted molar refractivity (Wildman–Crippen MR) is 70.0 cm³/mol. The van der Waals surface area contributed by atoms with Crippen molar-refractivity contribution in [3.05, 3.63) is 28.5 Å². The van der Waals surface area contributed by atoms with Crippen molar-refractivity contribution in [3.63, 3.8) is 0 Å². The Morgan fingerprint density at radius 2 is 2.14 bits per heavy atom. The summed E-state index contributed by atoms with van der Waals surface area (Å²) in [5.74, 6) is 0.0643. The van der Waals surface area contributed by atoms with Crippen LogP contribution in [-0.2, 0) is 6.18 Å². The maximum absolute atomic E-state index is 12.6. The largest absolute Gasteiger partial charge is 0.419 e. The van der Waals surface area contributed by atoms with Crippen LogP contribution in [0.1, 0.15) is 28.9 Å². The Labute approximate surface area is 124 Å². The number of alkyl halides is 3. The molecule has 21 heavy (non-hydrogen) atoms. The van der Waals surface area contributed by atoms with E-state index >= 15 is 0 Å². The van der Waals surface area contributed by atoms with Crippen LogP contribution >= 0.6 is 11.6 Å². The Hall–Kier alpha value is -1.34. The van der Waals surface area contributed by atoms with E-state index in [1.54, 1.807) is 0 Å². The molecular weight excluding hydrogens is 307 g/mol. The Kier molecular flexibility index (Phi) is 3.57. The van der Waals surface area contributed by atoms with E-state index in [-0.39, 0.29) is 17.8 Å². The summed E-state index contributed by atoms with van der Waals surface area (Å²) in [5, 5.41) is 5.39. The van der Waals surface area contributed by atoms with Crippen LogP contribution in [0.25, 0.3) is 0 Å². The highest BCUT2D eigenvalue weighted by molar-refractivity contribution is 6.30. The van der Waals surface area contributed by atoms with Crippen LogP contribution < -0.4 is 10.6 Å². The van der Waals surface area contributed by atoms with Crippen molar-refractivity contribution in [1.82, 2.24) is 15.6 Å². The molecule has 1 amide bonds. The summed E-state index contributed by atoms with van der Waals surface area (Å²) >= 11 is 5.51. The van der Waals surface area contributed by atoms with E-state index in [0.717, 1.165) is 31.5 Å². The van der Waals surface area contributed by atoms with Crippen molar-refractivity contribution >= 4 is 17.5 Å². The number of nitrogens with zero attached hydrogens (tertiary/aromatic N) is 1. The molecule has 114 valence electrons. The second-order valence-corrected chi connectivity index (χ2v) is 5.82. The monoisotopic (exact) mass is 319 g/mol. The number of amides is 1. The number of carbonyl (C=O) groups is 1. The maximum Gasteiger partial charge on any atom is 0.419 e. The van der Waals surface area contributed by atoms with Gasteiger partial charge in [-0.25, -0.2) is 4.98 Å². The van der Waals surface area contributed by atoms with Gasteiger partial charge in [-0.2, -0.15) is 13.2 Å². The summed E-state index contributed by atoms with van der Waals surface area (Å²) in [5.41, 5.74) is -1.14. The van der Waals surface area contributed by atoms with Crippen LogP contribution in [0.4, 0.5) is 13.2 Å². The summed E-state index contributed by atoms with van der Waals surface area (Å²) in [6.45, 7) is 0.960. The number of rotatable bonds is 2. The molecule has 2 fully saturated rings. The van der Waals surface area contributed by atoms with E-state index in [0.29, 0.717) is 5.92 Å². The Morgan fingerprint density at radius 3 is 2.67 bits per heavy atom. The molecule has 2 heterocycles. The van der Waals surface area contributed by atoms with Gasteiger partial charge in [0.25, 0.3) is 5.91 Å². The molecule has 1 aliphatic heterocycles. The SMILES string of the molecule is O=C(NC1CC2CNC1C2)c1ccc(C(F)(F)F)c(Cl)n1. The van der Waals surface area contributed by atoms with Gasteiger partial charge in [0.05, 0.1) is 5.56 Å². The molecule has 1 saturated heterocycles. The average molecular weight is 320 g/mol. The van der Waals surface area contributed by atoms with Crippen LogP contribution in [0.15, 0.2) is 12.1 Å². The number of hydrogen-bond donors (Lipinski definition) is 2. The van der Waals surface area contributed by atoms with Gasteiger partial charge >= 0.3 is 6.18 Å². The number of fused-ring (bicyclic) bond motifs is 2. The van der Waals surface area contributed by atoms with Crippen molar-refractivity contribution in [2.45, 2.75) is 31.1 Å². The van der Waals surface area contributed by atoms with Gasteiger partial charge in [0.15, 0.2) is 0 Å². The Bertz CT molecular complexity index is 578. The zero-order chi connectivity index (χ0) is 15.2. The van der Waals surface area contributed by atoms with Gasteiger partial charge in [0.2, 0.25) is 0 Å². The molecular formula is C13H13ClF3N3O. The van der Waals surface area contributed by atoms with Gasteiger partial charge in [0.1, 0.15) is 10.8 Å². The molecule has 8 heteroatoms. The number of aromatic nitrogens is 1. The number of nitrogens with one attached hydrogen (secondary N) is 2. The van der Waals surface area contributed by atoms with Gasteiger partial charge in [-0.15, -0.1) is 0 Å². The molecule has 3 unspecified atom stereocenters. The number of hydrogen-bond acceptors (Lipinski definition) is 3. The molecule has 1 aliphatic carbocycles. The van der Waals surface area contributed by atoms with Crippen LogP contribution in [-0.4, -0.2) is 29.5 Å². The van der Waals surface area contributed by atoms with Gasteiger partial charge in [0, 0.05) is 12.1 Å². The van der Waals surface area contributed by atoms with E-state index in [1.165, 1.54) is 0 Å². The number of halogens is 4. The zero-order valence-corrected chi connectivity index (χ0v) is 11.6. The quantitative estimate of drug-likeness (QED) is 0.822. The summed E-state index contributed by atoms with van der Waals surface area (Å²) in [7, 11) is 0. The molecule has 0 radical (unpaired) electrons. The number of carbonyl (C=O) groups excluding carboxylic acids is 1. The normalized spacial score (nSPS) is 27.9. The van der Waals surface area contributed by atoms with Crippen molar-refractivity contribution in [3.8, 4) is 0 Å². The fourth-order valence-electron chi connectivity index (χ4n) is 3.03. The lowest BCUT2D eigenvalue weighted by molar-refractivity contribution is -0.137. The lowest BCUT2D eigenvalue weighted by Crippen LogP contribution is -2.48. The first-order chi connectivity index (χ1) is 9.84. The van der Waals surface area contributed by atoms with Crippen molar-refractivity contribution in [2.75, 3.05) is 6.54 Å². The first-order valence-corrected chi connectivity index (χ1v) is 7.00. The van der Waals surface area contributed by atoms with Crippen LogP contribution in [0, 0.1) is 5.92 Å². The highest BCUT2D eigenvalue weighted by Gasteiger charge is 2.40. The minimum atomic E-state index is -4.58. The maximum atomic E-state index is 12.6. The molecule has 3 atom stereocenters. The highest BCUT2D eigenvalue weighted by Crippen LogP contribution is 2.34. The summed E-state index contributed by atoms with van der Waals surface area (Å²) < 4.78 is 37.7.